The first kappa shape index (κ1) is 25.8. The molecule has 1 aromatic heterocycles. The number of unbranched alkanes of at least 4 members (excludes halogenated alkanes) is 2. The first-order chi connectivity index (χ1) is 17.0. The molecular weight excluding hydrogens is 448 g/mol. The monoisotopic (exact) mass is 480 g/mol. The molecule has 0 spiro atoms. The minimum atomic E-state index is -0.735. The van der Waals surface area contributed by atoms with Crippen LogP contribution in [-0.2, 0) is 17.8 Å². The molecule has 0 aliphatic heterocycles. The number of aromatic amines is 1. The highest BCUT2D eigenvalue weighted by molar-refractivity contribution is 6.07. The normalized spacial score (nSPS) is 10.8. The highest BCUT2D eigenvalue weighted by Crippen LogP contribution is 2.23. The van der Waals surface area contributed by atoms with Crippen LogP contribution in [0, 0.1) is 0 Å². The van der Waals surface area contributed by atoms with Crippen LogP contribution in [0.25, 0.3) is 0 Å². The van der Waals surface area contributed by atoms with Gasteiger partial charge < -0.3 is 15.2 Å². The van der Waals surface area contributed by atoms with Gasteiger partial charge in [0, 0.05) is 12.7 Å². The fraction of sp³-hybridized carbons (Fsp3) is 0.346. The molecule has 0 atom stereocenters. The second-order valence-electron chi connectivity index (χ2n) is 8.09. The van der Waals surface area contributed by atoms with Crippen molar-refractivity contribution in [1.82, 2.24) is 9.55 Å². The number of carbonyl (C=O) groups excluding carboxylic acids is 1. The van der Waals surface area contributed by atoms with Crippen molar-refractivity contribution in [2.24, 2.45) is 0 Å². The summed E-state index contributed by atoms with van der Waals surface area (Å²) in [7, 11) is 1.50. The zero-order valence-corrected chi connectivity index (χ0v) is 20.2. The molecular formula is C26H32N4O5. The van der Waals surface area contributed by atoms with Gasteiger partial charge in [0.05, 0.1) is 26.3 Å². The zero-order chi connectivity index (χ0) is 25.2. The van der Waals surface area contributed by atoms with Crippen LogP contribution < -0.4 is 26.6 Å². The van der Waals surface area contributed by atoms with Gasteiger partial charge in [-0.05, 0) is 36.2 Å². The summed E-state index contributed by atoms with van der Waals surface area (Å²) in [5.74, 6) is 0.134. The number of aromatic nitrogens is 2. The van der Waals surface area contributed by atoms with Crippen LogP contribution in [0.2, 0.25) is 0 Å². The van der Waals surface area contributed by atoms with E-state index in [1.54, 1.807) is 24.3 Å². The van der Waals surface area contributed by atoms with Crippen LogP contribution in [0.15, 0.2) is 64.2 Å². The molecule has 35 heavy (non-hydrogen) atoms. The number of nitrogens with one attached hydrogen (secondary N) is 1. The van der Waals surface area contributed by atoms with E-state index in [9.17, 15) is 14.4 Å². The Morgan fingerprint density at radius 2 is 1.74 bits per heavy atom. The van der Waals surface area contributed by atoms with Gasteiger partial charge in [-0.25, -0.2) is 4.79 Å². The van der Waals surface area contributed by atoms with Crippen molar-refractivity contribution in [3.05, 3.63) is 86.6 Å². The zero-order valence-electron chi connectivity index (χ0n) is 20.2. The summed E-state index contributed by atoms with van der Waals surface area (Å²) in [6.07, 6.45) is 3.16. The number of nitrogen functional groups attached to an aromatic ring is 1. The van der Waals surface area contributed by atoms with Gasteiger partial charge in [-0.15, -0.1) is 0 Å². The van der Waals surface area contributed by atoms with E-state index >= 15 is 0 Å². The van der Waals surface area contributed by atoms with Crippen molar-refractivity contribution in [2.45, 2.75) is 39.3 Å². The Hall–Kier alpha value is -3.85. The Morgan fingerprint density at radius 1 is 1.03 bits per heavy atom. The molecule has 0 aliphatic carbocycles. The third kappa shape index (κ3) is 6.60. The molecule has 2 aromatic carbocycles. The molecule has 3 rings (SSSR count). The second-order valence-corrected chi connectivity index (χ2v) is 8.09. The maximum absolute atomic E-state index is 13.6. The molecule has 0 saturated heterocycles. The molecule has 3 aromatic rings. The molecule has 0 fully saturated rings. The predicted molar refractivity (Wildman–Crippen MR) is 136 cm³/mol. The average molecular weight is 481 g/mol. The quantitative estimate of drug-likeness (QED) is 0.384. The number of methoxy groups -OCH3 is 1. The molecule has 0 radical (unpaired) electrons. The lowest BCUT2D eigenvalue weighted by atomic mass is 10.1. The third-order valence-corrected chi connectivity index (χ3v) is 5.55. The van der Waals surface area contributed by atoms with Crippen LogP contribution in [0.5, 0.6) is 5.75 Å². The summed E-state index contributed by atoms with van der Waals surface area (Å²) in [5, 5.41) is 0. The number of hydrogen-bond acceptors (Lipinski definition) is 6. The Balaban J connectivity index is 1.98. The summed E-state index contributed by atoms with van der Waals surface area (Å²) >= 11 is 0. The fourth-order valence-electron chi connectivity index (χ4n) is 3.65. The summed E-state index contributed by atoms with van der Waals surface area (Å²) < 4.78 is 12.0. The molecule has 0 saturated carbocycles. The number of H-pyrrole nitrogens is 1. The fourth-order valence-corrected chi connectivity index (χ4v) is 3.65. The number of carbonyl (C=O) groups is 1. The van der Waals surface area contributed by atoms with Crippen LogP contribution in [0.3, 0.4) is 0 Å². The second kappa shape index (κ2) is 12.6. The van der Waals surface area contributed by atoms with Crippen molar-refractivity contribution in [2.75, 3.05) is 31.0 Å². The number of nitrogens with two attached hydrogens (primary N) is 1. The topological polar surface area (TPSA) is 120 Å². The Morgan fingerprint density at radius 3 is 2.40 bits per heavy atom. The van der Waals surface area contributed by atoms with Crippen LogP contribution >= 0.6 is 0 Å². The number of rotatable bonds is 12. The summed E-state index contributed by atoms with van der Waals surface area (Å²) in [6.45, 7) is 3.16. The number of ether oxygens (including phenoxy) is 2. The smallest absolute Gasteiger partial charge is 0.330 e. The number of benzene rings is 2. The predicted octanol–water partition coefficient (Wildman–Crippen LogP) is 3.18. The van der Waals surface area contributed by atoms with Gasteiger partial charge in [-0.1, -0.05) is 50.1 Å². The number of anilines is 2. The van der Waals surface area contributed by atoms with Crippen LogP contribution in [-0.4, -0.2) is 35.8 Å². The number of hydrogen-bond donors (Lipinski definition) is 2. The average Bonchev–Trinajstić information content (AvgIpc) is 2.86. The molecule has 1 heterocycles. The first-order valence-corrected chi connectivity index (χ1v) is 11.7. The lowest BCUT2D eigenvalue weighted by Gasteiger charge is -2.25. The summed E-state index contributed by atoms with van der Waals surface area (Å²) in [4.78, 5) is 42.5. The molecule has 9 heteroatoms. The number of amides is 1. The molecule has 0 bridgehead atoms. The number of nitrogens with zero attached hydrogens (tertiary/aromatic N) is 2. The minimum Gasteiger partial charge on any atom is -0.494 e. The van der Waals surface area contributed by atoms with E-state index in [0.717, 1.165) is 24.8 Å². The maximum Gasteiger partial charge on any atom is 0.330 e. The van der Waals surface area contributed by atoms with E-state index < -0.39 is 17.2 Å². The van der Waals surface area contributed by atoms with E-state index in [1.807, 2.05) is 30.3 Å². The van der Waals surface area contributed by atoms with Gasteiger partial charge >= 0.3 is 5.69 Å². The highest BCUT2D eigenvalue weighted by atomic mass is 16.5. The van der Waals surface area contributed by atoms with E-state index in [4.69, 9.17) is 15.2 Å². The molecule has 1 amide bonds. The van der Waals surface area contributed by atoms with Crippen molar-refractivity contribution in [3.63, 3.8) is 0 Å². The van der Waals surface area contributed by atoms with Crippen molar-refractivity contribution in [3.8, 4) is 5.75 Å². The third-order valence-electron chi connectivity index (χ3n) is 5.55. The summed E-state index contributed by atoms with van der Waals surface area (Å²) in [5.41, 5.74) is 5.94. The van der Waals surface area contributed by atoms with Gasteiger partial charge in [0.2, 0.25) is 0 Å². The SMILES string of the molecule is CCCCCOc1ccc(C(=O)N(Cc2ccccc2)c2c(N)n(CCOC)c(=O)[nH]c2=O)cc1. The maximum atomic E-state index is 13.6. The van der Waals surface area contributed by atoms with Crippen LogP contribution in [0.4, 0.5) is 11.5 Å². The van der Waals surface area contributed by atoms with Crippen LogP contribution in [0.1, 0.15) is 42.1 Å². The highest BCUT2D eigenvalue weighted by Gasteiger charge is 2.25. The van der Waals surface area contributed by atoms with Crippen molar-refractivity contribution in [1.29, 1.82) is 0 Å². The lowest BCUT2D eigenvalue weighted by Crippen LogP contribution is -2.41. The van der Waals surface area contributed by atoms with Gasteiger partial charge in [0.15, 0.2) is 5.69 Å². The van der Waals surface area contributed by atoms with Crippen molar-refractivity contribution < 1.29 is 14.3 Å². The Kier molecular flexibility index (Phi) is 9.25. The van der Waals surface area contributed by atoms with Crippen molar-refractivity contribution >= 4 is 17.4 Å². The Labute approximate surface area is 204 Å². The molecule has 0 unspecified atom stereocenters. The van der Waals surface area contributed by atoms with E-state index in [1.165, 1.54) is 16.6 Å². The molecule has 3 N–H and O–H groups in total. The molecule has 186 valence electrons. The molecule has 9 nitrogen and oxygen atoms in total. The van der Waals surface area contributed by atoms with E-state index in [2.05, 4.69) is 11.9 Å². The lowest BCUT2D eigenvalue weighted by molar-refractivity contribution is 0.0984. The van der Waals surface area contributed by atoms with E-state index in [-0.39, 0.29) is 31.2 Å². The van der Waals surface area contributed by atoms with E-state index in [0.29, 0.717) is 17.9 Å². The minimum absolute atomic E-state index is 0.0880. The largest absolute Gasteiger partial charge is 0.494 e. The van der Waals surface area contributed by atoms with Gasteiger partial charge in [-0.3, -0.25) is 24.0 Å². The summed E-state index contributed by atoms with van der Waals surface area (Å²) in [6, 6.07) is 16.0. The van der Waals surface area contributed by atoms with Gasteiger partial charge in [0.25, 0.3) is 11.5 Å². The Bertz CT molecular complexity index is 1220. The standard InChI is InChI=1S/C26H32N4O5/c1-3-4-8-16-35-21-13-11-20(12-14-21)25(32)30(18-19-9-6-5-7-10-19)22-23(27)29(15-17-34-2)26(33)28-24(22)31/h5-7,9-14H,3-4,8,15-18,27H2,1-2H3,(H,28,31,33). The van der Waals surface area contributed by atoms with Gasteiger partial charge in [0.1, 0.15) is 11.6 Å². The molecule has 0 aliphatic rings. The van der Waals surface area contributed by atoms with Gasteiger partial charge in [-0.2, -0.15) is 0 Å². The first-order valence-electron chi connectivity index (χ1n) is 11.7.